The number of nitrogen functional groups attached to an aromatic ring is 1. The van der Waals surface area contributed by atoms with E-state index >= 15 is 0 Å². The van der Waals surface area contributed by atoms with E-state index < -0.39 is 11.2 Å². The number of nitrogens with two attached hydrogens (primary N) is 1. The van der Waals surface area contributed by atoms with Crippen LogP contribution < -0.4 is 17.0 Å². The smallest absolute Gasteiger partial charge is 0.329 e. The number of nitrogens with one attached hydrogen (secondary N) is 1. The number of nitrogens with zero attached hydrogens (tertiary/aromatic N) is 2. The number of hydrogen-bond donors (Lipinski definition) is 2. The molecule has 0 bridgehead atoms. The lowest BCUT2D eigenvalue weighted by Gasteiger charge is -2.07. The van der Waals surface area contributed by atoms with Crippen LogP contribution in [-0.4, -0.2) is 14.5 Å². The lowest BCUT2D eigenvalue weighted by molar-refractivity contribution is 0.718. The molecule has 0 saturated heterocycles. The fourth-order valence-electron chi connectivity index (χ4n) is 1.52. The number of pyridine rings is 1. The molecule has 2 aromatic rings. The Kier molecular flexibility index (Phi) is 2.43. The van der Waals surface area contributed by atoms with E-state index in [1.54, 1.807) is 6.92 Å². The summed E-state index contributed by atoms with van der Waals surface area (Å²) in [7, 11) is 0. The topological polar surface area (TPSA) is 93.8 Å². The van der Waals surface area contributed by atoms with E-state index in [0.717, 1.165) is 0 Å². The summed E-state index contributed by atoms with van der Waals surface area (Å²) in [6, 6.07) is 0. The first-order chi connectivity index (χ1) is 7.56. The van der Waals surface area contributed by atoms with Gasteiger partial charge in [0, 0.05) is 6.54 Å². The highest BCUT2D eigenvalue weighted by atomic mass is 35.5. The van der Waals surface area contributed by atoms with Gasteiger partial charge < -0.3 is 5.73 Å². The molecule has 0 aromatic carbocycles. The maximum absolute atomic E-state index is 11.6. The number of aromatic amines is 1. The third kappa shape index (κ3) is 1.38. The zero-order chi connectivity index (χ0) is 11.9. The van der Waals surface area contributed by atoms with Crippen LogP contribution in [0.3, 0.4) is 0 Å². The van der Waals surface area contributed by atoms with Crippen molar-refractivity contribution in [2.75, 3.05) is 5.73 Å². The van der Waals surface area contributed by atoms with Crippen molar-refractivity contribution in [1.29, 1.82) is 0 Å². The summed E-state index contributed by atoms with van der Waals surface area (Å²) in [6.07, 6.45) is 1.33. The number of fused-ring (bicyclic) bond motifs is 1. The Bertz CT molecular complexity index is 673. The van der Waals surface area contributed by atoms with Crippen molar-refractivity contribution in [2.24, 2.45) is 0 Å². The van der Waals surface area contributed by atoms with Crippen molar-refractivity contribution in [3.05, 3.63) is 32.1 Å². The summed E-state index contributed by atoms with van der Waals surface area (Å²) in [5, 5.41) is 0.261. The fraction of sp³-hybridized carbons (Fsp3) is 0.222. The summed E-state index contributed by atoms with van der Waals surface area (Å²) in [6.45, 7) is 2.16. The van der Waals surface area contributed by atoms with Crippen LogP contribution in [0.2, 0.25) is 5.02 Å². The number of aryl methyl sites for hydroxylation is 1. The molecule has 16 heavy (non-hydrogen) atoms. The van der Waals surface area contributed by atoms with Crippen LogP contribution >= 0.6 is 11.6 Å². The number of rotatable bonds is 1. The predicted molar refractivity (Wildman–Crippen MR) is 61.7 cm³/mol. The van der Waals surface area contributed by atoms with Crippen LogP contribution in [0, 0.1) is 0 Å². The monoisotopic (exact) mass is 240 g/mol. The summed E-state index contributed by atoms with van der Waals surface area (Å²) < 4.78 is 1.32. The van der Waals surface area contributed by atoms with Crippen LogP contribution in [0.4, 0.5) is 5.69 Å². The van der Waals surface area contributed by atoms with Gasteiger partial charge in [0.05, 0.1) is 16.9 Å². The van der Waals surface area contributed by atoms with Gasteiger partial charge in [0.15, 0.2) is 5.65 Å². The molecule has 0 radical (unpaired) electrons. The van der Waals surface area contributed by atoms with Crippen LogP contribution in [-0.2, 0) is 6.54 Å². The zero-order valence-corrected chi connectivity index (χ0v) is 9.21. The van der Waals surface area contributed by atoms with Crippen LogP contribution in [0.25, 0.3) is 11.0 Å². The van der Waals surface area contributed by atoms with E-state index in [1.165, 1.54) is 10.8 Å². The second-order valence-corrected chi connectivity index (χ2v) is 3.61. The Balaban J connectivity index is 3.11. The minimum Gasteiger partial charge on any atom is -0.396 e. The van der Waals surface area contributed by atoms with Crippen LogP contribution in [0.15, 0.2) is 15.8 Å². The van der Waals surface area contributed by atoms with E-state index in [-0.39, 0.29) is 21.7 Å². The molecule has 0 spiro atoms. The predicted octanol–water partition coefficient (Wildman–Crippen LogP) is 0.340. The third-order valence-electron chi connectivity index (χ3n) is 2.29. The molecule has 2 heterocycles. The van der Waals surface area contributed by atoms with Crippen LogP contribution in [0.5, 0.6) is 0 Å². The first-order valence-electron chi connectivity index (χ1n) is 4.63. The standard InChI is InChI=1S/C9H9ClN4O2/c1-2-14-7-5(8(15)13-9(14)16)6(10)4(11)3-12-7/h3H,2,11H2,1H3,(H,13,15,16). The van der Waals surface area contributed by atoms with E-state index in [4.69, 9.17) is 17.3 Å². The largest absolute Gasteiger partial charge is 0.396 e. The van der Waals surface area contributed by atoms with E-state index in [2.05, 4.69) is 9.97 Å². The number of aromatic nitrogens is 3. The molecule has 0 saturated carbocycles. The fourth-order valence-corrected chi connectivity index (χ4v) is 1.74. The van der Waals surface area contributed by atoms with Gasteiger partial charge in [-0.15, -0.1) is 0 Å². The highest BCUT2D eigenvalue weighted by Crippen LogP contribution is 2.23. The normalized spacial score (nSPS) is 10.9. The Labute approximate surface area is 94.7 Å². The number of H-pyrrole nitrogens is 1. The van der Waals surface area contributed by atoms with Crippen molar-refractivity contribution in [1.82, 2.24) is 14.5 Å². The molecule has 0 unspecified atom stereocenters. The second kappa shape index (κ2) is 3.64. The minimum atomic E-state index is -0.575. The molecule has 0 aliphatic carbocycles. The van der Waals surface area contributed by atoms with Gasteiger partial charge in [0.25, 0.3) is 5.56 Å². The summed E-state index contributed by atoms with van der Waals surface area (Å²) >= 11 is 5.91. The van der Waals surface area contributed by atoms with Crippen molar-refractivity contribution >= 4 is 28.3 Å². The van der Waals surface area contributed by atoms with Crippen molar-refractivity contribution in [2.45, 2.75) is 13.5 Å². The highest BCUT2D eigenvalue weighted by Gasteiger charge is 2.12. The van der Waals surface area contributed by atoms with E-state index in [0.29, 0.717) is 6.54 Å². The SMILES string of the molecule is CCn1c(=O)[nH]c(=O)c2c(Cl)c(N)cnc21. The van der Waals surface area contributed by atoms with E-state index in [1.807, 2.05) is 0 Å². The molecular weight excluding hydrogens is 232 g/mol. The quantitative estimate of drug-likeness (QED) is 0.752. The average Bonchev–Trinajstić information content (AvgIpc) is 2.23. The lowest BCUT2D eigenvalue weighted by atomic mass is 10.3. The van der Waals surface area contributed by atoms with Gasteiger partial charge in [-0.25, -0.2) is 9.78 Å². The molecule has 3 N–H and O–H groups in total. The molecule has 0 aliphatic heterocycles. The van der Waals surface area contributed by atoms with Crippen molar-refractivity contribution in [3.8, 4) is 0 Å². The van der Waals surface area contributed by atoms with Gasteiger partial charge >= 0.3 is 5.69 Å². The Morgan fingerprint density at radius 3 is 2.88 bits per heavy atom. The Morgan fingerprint density at radius 2 is 2.25 bits per heavy atom. The maximum atomic E-state index is 11.6. The number of halogens is 1. The first-order valence-corrected chi connectivity index (χ1v) is 5.00. The Morgan fingerprint density at radius 1 is 1.56 bits per heavy atom. The minimum absolute atomic E-state index is 0.119. The Hall–Kier alpha value is -1.82. The van der Waals surface area contributed by atoms with Gasteiger partial charge in [-0.1, -0.05) is 11.6 Å². The molecule has 2 aromatic heterocycles. The van der Waals surface area contributed by atoms with Gasteiger partial charge in [0.1, 0.15) is 5.39 Å². The zero-order valence-electron chi connectivity index (χ0n) is 8.45. The summed E-state index contributed by atoms with van der Waals surface area (Å²) in [5.41, 5.74) is 4.92. The molecule has 2 rings (SSSR count). The average molecular weight is 241 g/mol. The maximum Gasteiger partial charge on any atom is 0.329 e. The molecule has 7 heteroatoms. The van der Waals surface area contributed by atoms with Gasteiger partial charge in [-0.05, 0) is 6.92 Å². The van der Waals surface area contributed by atoms with E-state index in [9.17, 15) is 9.59 Å². The molecule has 0 fully saturated rings. The molecule has 0 amide bonds. The molecule has 0 aliphatic rings. The van der Waals surface area contributed by atoms with Crippen LogP contribution in [0.1, 0.15) is 6.92 Å². The highest BCUT2D eigenvalue weighted by molar-refractivity contribution is 6.37. The summed E-state index contributed by atoms with van der Waals surface area (Å²) in [5.74, 6) is 0. The number of hydrogen-bond acceptors (Lipinski definition) is 4. The lowest BCUT2D eigenvalue weighted by Crippen LogP contribution is -2.30. The van der Waals surface area contributed by atoms with Gasteiger partial charge in [-0.2, -0.15) is 0 Å². The van der Waals surface area contributed by atoms with Crippen molar-refractivity contribution < 1.29 is 0 Å². The first kappa shape index (κ1) is 10.7. The third-order valence-corrected chi connectivity index (χ3v) is 2.69. The molecule has 6 nitrogen and oxygen atoms in total. The summed E-state index contributed by atoms with van der Waals surface area (Å²) in [4.78, 5) is 29.2. The number of anilines is 1. The molecule has 0 atom stereocenters. The molecule has 84 valence electrons. The van der Waals surface area contributed by atoms with Gasteiger partial charge in [0.2, 0.25) is 0 Å². The van der Waals surface area contributed by atoms with Crippen molar-refractivity contribution in [3.63, 3.8) is 0 Å². The van der Waals surface area contributed by atoms with Gasteiger partial charge in [-0.3, -0.25) is 14.3 Å². The molecular formula is C9H9ClN4O2. The second-order valence-electron chi connectivity index (χ2n) is 3.23.